The summed E-state index contributed by atoms with van der Waals surface area (Å²) < 4.78 is 11.6. The molecule has 0 radical (unpaired) electrons. The highest BCUT2D eigenvalue weighted by molar-refractivity contribution is 6.73. The summed E-state index contributed by atoms with van der Waals surface area (Å²) in [6, 6.07) is 3.03. The Hall–Kier alpha value is -2.17. The van der Waals surface area contributed by atoms with Gasteiger partial charge in [0.2, 0.25) is 5.39 Å². The number of esters is 1. The van der Waals surface area contributed by atoms with E-state index in [1.807, 2.05) is 37.3 Å². The van der Waals surface area contributed by atoms with Crippen LogP contribution >= 0.6 is 0 Å². The minimum atomic E-state index is -1.91. The molecule has 1 N–H and O–H groups in total. The highest BCUT2D eigenvalue weighted by Gasteiger charge is 2.32. The molecule has 0 bridgehead atoms. The zero-order chi connectivity index (χ0) is 26.4. The van der Waals surface area contributed by atoms with E-state index in [0.29, 0.717) is 19.4 Å². The van der Waals surface area contributed by atoms with Crippen LogP contribution in [-0.2, 0) is 14.0 Å². The highest BCUT2D eigenvalue weighted by atomic mass is 28.4. The third-order valence-corrected chi connectivity index (χ3v) is 10.9. The van der Waals surface area contributed by atoms with E-state index in [1.54, 1.807) is 0 Å². The van der Waals surface area contributed by atoms with Crippen LogP contribution in [0.25, 0.3) is 4.98 Å². The Labute approximate surface area is 214 Å². The van der Waals surface area contributed by atoms with Gasteiger partial charge in [0.1, 0.15) is 0 Å². The summed E-state index contributed by atoms with van der Waals surface area (Å²) in [5.41, 5.74) is 0.282. The molecule has 6 nitrogen and oxygen atoms in total. The second-order valence-corrected chi connectivity index (χ2v) is 13.5. The number of aliphatic hydroxyl groups excluding tert-OH is 1. The van der Waals surface area contributed by atoms with Gasteiger partial charge in [-0.05, 0) is 50.7 Å². The molecule has 0 saturated heterocycles. The van der Waals surface area contributed by atoms with Gasteiger partial charge < -0.3 is 14.3 Å². The molecule has 0 rings (SSSR count). The number of ether oxygens (including phenoxy) is 1. The van der Waals surface area contributed by atoms with Gasteiger partial charge >= 0.3 is 11.7 Å². The zero-order valence-corrected chi connectivity index (χ0v) is 23.8. The maximum Gasteiger partial charge on any atom is 0.402 e. The van der Waals surface area contributed by atoms with Crippen molar-refractivity contribution in [2.75, 3.05) is 6.61 Å². The first-order valence-electron chi connectivity index (χ1n) is 13.5. The number of diazo groups is 1. The van der Waals surface area contributed by atoms with Crippen LogP contribution in [-0.4, -0.2) is 32.1 Å². The van der Waals surface area contributed by atoms with Crippen molar-refractivity contribution < 1.29 is 19.1 Å². The van der Waals surface area contributed by atoms with Crippen LogP contribution < -0.4 is 0 Å². The summed E-state index contributed by atoms with van der Waals surface area (Å²) in [5.74, 6) is -0.0990. The van der Waals surface area contributed by atoms with E-state index in [-0.39, 0.29) is 30.0 Å². The Morgan fingerprint density at radius 1 is 0.971 bits per heavy atom. The molecule has 7 heteroatoms. The van der Waals surface area contributed by atoms with Gasteiger partial charge in [0.25, 0.3) is 0 Å². The molecule has 0 aromatic rings. The molecule has 198 valence electrons. The van der Waals surface area contributed by atoms with Gasteiger partial charge in [-0.2, -0.15) is 0 Å². The average molecular weight is 506 g/mol. The Balaban J connectivity index is 5.24. The number of hydrogen-bond acceptors (Lipinski definition) is 5. The standard InChI is InChI=1S/C28H48N2O4Si/c1-6-11-12-13-16-19-22-26(30-29)27(31)24-25(34-35(8-3,9-4)10-5)21-18-15-14-17-20-23-28(32)33-7-2/h14-16,18-19,21,25H,6-13,17,20,22-24H2,1-5H3/p+1/b15-14-,19-16-,21-18+,27-26-. The maximum atomic E-state index is 11.4. The first kappa shape index (κ1) is 32.8. The van der Waals surface area contributed by atoms with Crippen LogP contribution in [0.15, 0.2) is 47.9 Å². The topological polar surface area (TPSA) is 83.9 Å². The normalized spacial score (nSPS) is 13.9. The quantitative estimate of drug-likeness (QED) is 0.0340. The van der Waals surface area contributed by atoms with Gasteiger partial charge in [-0.1, -0.05) is 77.0 Å². The monoisotopic (exact) mass is 505 g/mol. The lowest BCUT2D eigenvalue weighted by Crippen LogP contribution is -2.39. The molecule has 1 atom stereocenters. The van der Waals surface area contributed by atoms with Crippen LogP contribution in [0.1, 0.15) is 92.4 Å². The summed E-state index contributed by atoms with van der Waals surface area (Å²) >= 11 is 0. The average Bonchev–Trinajstić information content (AvgIpc) is 2.86. The SMILES string of the molecule is CCCCC/C=C\C/C([N+]#N)=C(/O)CC(/C=C/C=C\CCCC(=O)OCC)O[Si](CC)(CC)CC. The number of rotatable bonds is 20. The lowest BCUT2D eigenvalue weighted by atomic mass is 10.1. The molecule has 0 amide bonds. The third-order valence-electron chi connectivity index (χ3n) is 6.26. The van der Waals surface area contributed by atoms with Crippen molar-refractivity contribution in [2.45, 2.75) is 117 Å². The second kappa shape index (κ2) is 21.1. The van der Waals surface area contributed by atoms with Crippen LogP contribution in [0, 0.1) is 5.39 Å². The Kier molecular flexibility index (Phi) is 19.8. The molecule has 0 heterocycles. The van der Waals surface area contributed by atoms with Crippen molar-refractivity contribution in [3.63, 3.8) is 0 Å². The minimum absolute atomic E-state index is 0.0602. The predicted molar refractivity (Wildman–Crippen MR) is 148 cm³/mol. The van der Waals surface area contributed by atoms with Gasteiger partial charge in [-0.25, -0.2) is 0 Å². The molecule has 0 aromatic heterocycles. The van der Waals surface area contributed by atoms with E-state index in [9.17, 15) is 15.3 Å². The molecular formula is C28H49N2O4Si+. The fourth-order valence-corrected chi connectivity index (χ4v) is 6.58. The Morgan fingerprint density at radius 3 is 2.26 bits per heavy atom. The number of carbonyl (C=O) groups excluding carboxylic acids is 1. The molecule has 0 aromatic carbocycles. The summed E-state index contributed by atoms with van der Waals surface area (Å²) in [5, 5.41) is 20.2. The van der Waals surface area contributed by atoms with E-state index in [2.05, 4.69) is 38.7 Å². The summed E-state index contributed by atoms with van der Waals surface area (Å²) in [4.78, 5) is 14.8. The van der Waals surface area contributed by atoms with Gasteiger partial charge in [-0.15, -0.1) is 0 Å². The number of nitrogens with zero attached hydrogens (tertiary/aromatic N) is 2. The van der Waals surface area contributed by atoms with Crippen molar-refractivity contribution in [3.8, 4) is 0 Å². The van der Waals surface area contributed by atoms with E-state index in [0.717, 1.165) is 43.8 Å². The largest absolute Gasteiger partial charge is 0.505 e. The molecule has 0 aliphatic carbocycles. The third kappa shape index (κ3) is 15.4. The number of carbonyl (C=O) groups is 1. The minimum Gasteiger partial charge on any atom is -0.505 e. The van der Waals surface area contributed by atoms with Crippen molar-refractivity contribution in [1.29, 1.82) is 5.39 Å². The van der Waals surface area contributed by atoms with Gasteiger partial charge in [-0.3, -0.25) is 4.79 Å². The zero-order valence-electron chi connectivity index (χ0n) is 22.8. The maximum absolute atomic E-state index is 11.4. The molecular weight excluding hydrogens is 456 g/mol. The smallest absolute Gasteiger partial charge is 0.402 e. The lowest BCUT2D eigenvalue weighted by molar-refractivity contribution is -0.143. The fraction of sp³-hybridized carbons (Fsp3) is 0.679. The molecule has 1 unspecified atom stereocenters. The van der Waals surface area contributed by atoms with Gasteiger partial charge in [0.15, 0.2) is 19.1 Å². The van der Waals surface area contributed by atoms with Gasteiger partial charge in [0.05, 0.1) is 19.1 Å². The first-order valence-corrected chi connectivity index (χ1v) is 16.0. The van der Waals surface area contributed by atoms with E-state index < -0.39 is 8.32 Å². The fourth-order valence-electron chi connectivity index (χ4n) is 3.78. The predicted octanol–water partition coefficient (Wildman–Crippen LogP) is 8.76. The van der Waals surface area contributed by atoms with Crippen LogP contribution in [0.5, 0.6) is 0 Å². The molecule has 0 aliphatic heterocycles. The van der Waals surface area contributed by atoms with Crippen LogP contribution in [0.2, 0.25) is 18.1 Å². The summed E-state index contributed by atoms with van der Waals surface area (Å²) in [6.45, 7) is 10.9. The Morgan fingerprint density at radius 2 is 1.66 bits per heavy atom. The Bertz CT molecular complexity index is 725. The highest BCUT2D eigenvalue weighted by Crippen LogP contribution is 2.27. The summed E-state index contributed by atoms with van der Waals surface area (Å²) in [6.07, 6.45) is 18.7. The van der Waals surface area contributed by atoms with E-state index in [4.69, 9.17) is 9.16 Å². The van der Waals surface area contributed by atoms with Crippen molar-refractivity contribution in [3.05, 3.63) is 52.9 Å². The molecule has 0 saturated carbocycles. The second-order valence-electron chi connectivity index (χ2n) is 8.78. The molecule has 0 spiro atoms. The molecule has 0 fully saturated rings. The van der Waals surface area contributed by atoms with Crippen LogP contribution in [0.4, 0.5) is 0 Å². The van der Waals surface area contributed by atoms with E-state index in [1.165, 1.54) is 12.8 Å². The lowest BCUT2D eigenvalue weighted by Gasteiger charge is -2.31. The van der Waals surface area contributed by atoms with Crippen molar-refractivity contribution in [2.24, 2.45) is 0 Å². The van der Waals surface area contributed by atoms with Crippen molar-refractivity contribution >= 4 is 14.3 Å². The van der Waals surface area contributed by atoms with Gasteiger partial charge in [0, 0.05) is 12.8 Å². The number of hydrogen-bond donors (Lipinski definition) is 1. The van der Waals surface area contributed by atoms with Crippen LogP contribution in [0.3, 0.4) is 0 Å². The molecule has 0 aliphatic rings. The first-order chi connectivity index (χ1) is 16.9. The number of aliphatic hydroxyl groups is 1. The summed E-state index contributed by atoms with van der Waals surface area (Å²) in [7, 11) is -1.91. The number of allylic oxidation sites excluding steroid dienone is 5. The number of unbranched alkanes of at least 4 members (excludes halogenated alkanes) is 4. The van der Waals surface area contributed by atoms with Crippen molar-refractivity contribution in [1.82, 2.24) is 0 Å². The van der Waals surface area contributed by atoms with E-state index >= 15 is 0 Å². The molecule has 35 heavy (non-hydrogen) atoms.